The zero-order valence-corrected chi connectivity index (χ0v) is 26.0. The number of ether oxygens (including phenoxy) is 7. The fourth-order valence-corrected chi connectivity index (χ4v) is 5.20. The van der Waals surface area contributed by atoms with Crippen LogP contribution in [0.15, 0.2) is 66.7 Å². The number of hydrogen-bond donors (Lipinski definition) is 1. The van der Waals surface area contributed by atoms with Gasteiger partial charge in [-0.15, -0.1) is 0 Å². The van der Waals surface area contributed by atoms with E-state index in [-0.39, 0.29) is 12.0 Å². The van der Waals surface area contributed by atoms with Crippen molar-refractivity contribution in [1.29, 1.82) is 0 Å². The van der Waals surface area contributed by atoms with E-state index in [1.165, 1.54) is 12.7 Å². The van der Waals surface area contributed by atoms with Crippen LogP contribution in [0.2, 0.25) is 0 Å². The predicted molar refractivity (Wildman–Crippen MR) is 168 cm³/mol. The second-order valence-electron chi connectivity index (χ2n) is 10.6. The Morgan fingerprint density at radius 1 is 0.841 bits per heavy atom. The average molecular weight is 608 g/mol. The summed E-state index contributed by atoms with van der Waals surface area (Å²) in [6.07, 6.45) is 2.49. The number of carbonyl (C=O) groups excluding carboxylic acids is 1. The van der Waals surface area contributed by atoms with Crippen molar-refractivity contribution >= 4 is 5.97 Å². The molecule has 0 saturated carbocycles. The summed E-state index contributed by atoms with van der Waals surface area (Å²) >= 11 is 0. The van der Waals surface area contributed by atoms with Crippen LogP contribution in [0.3, 0.4) is 0 Å². The van der Waals surface area contributed by atoms with Gasteiger partial charge in [-0.25, -0.2) is 4.79 Å². The quantitative estimate of drug-likeness (QED) is 0.148. The molecule has 1 heterocycles. The zero-order valence-electron chi connectivity index (χ0n) is 26.0. The Labute approximate surface area is 260 Å². The Kier molecular flexibility index (Phi) is 13.8. The van der Waals surface area contributed by atoms with Crippen LogP contribution in [-0.2, 0) is 32.2 Å². The SMILES string of the molecule is COCCCOc1cc(CO[C@H]2CNCC[C@@H]2c2ccc(OCCCOCc3ccccc3OC)cc2)ccc1C(=O)OC. The number of para-hydroxylation sites is 1. The molecule has 1 fully saturated rings. The van der Waals surface area contributed by atoms with Gasteiger partial charge in [-0.05, 0) is 54.4 Å². The lowest BCUT2D eigenvalue weighted by Gasteiger charge is -2.32. The first kappa shape index (κ1) is 33.3. The summed E-state index contributed by atoms with van der Waals surface area (Å²) < 4.78 is 39.5. The molecule has 0 unspecified atom stereocenters. The molecule has 3 aromatic carbocycles. The van der Waals surface area contributed by atoms with Gasteiger partial charge in [-0.3, -0.25) is 0 Å². The largest absolute Gasteiger partial charge is 0.496 e. The Hall–Kier alpha value is -3.63. The summed E-state index contributed by atoms with van der Waals surface area (Å²) in [5, 5.41) is 3.46. The second kappa shape index (κ2) is 18.2. The van der Waals surface area contributed by atoms with Crippen LogP contribution in [0.25, 0.3) is 0 Å². The van der Waals surface area contributed by atoms with Crippen molar-refractivity contribution in [1.82, 2.24) is 5.32 Å². The van der Waals surface area contributed by atoms with Crippen LogP contribution in [0, 0.1) is 0 Å². The minimum Gasteiger partial charge on any atom is -0.496 e. The topological polar surface area (TPSA) is 93.7 Å². The third kappa shape index (κ3) is 9.95. The monoisotopic (exact) mass is 607 g/mol. The molecule has 1 saturated heterocycles. The van der Waals surface area contributed by atoms with E-state index in [0.29, 0.717) is 51.0 Å². The van der Waals surface area contributed by atoms with Crippen molar-refractivity contribution in [3.8, 4) is 17.2 Å². The second-order valence-corrected chi connectivity index (χ2v) is 10.6. The highest BCUT2D eigenvalue weighted by atomic mass is 16.5. The van der Waals surface area contributed by atoms with E-state index in [9.17, 15) is 4.79 Å². The molecule has 44 heavy (non-hydrogen) atoms. The maximum Gasteiger partial charge on any atom is 0.341 e. The number of esters is 1. The molecule has 0 bridgehead atoms. The smallest absolute Gasteiger partial charge is 0.341 e. The molecule has 0 amide bonds. The molecule has 9 heteroatoms. The fourth-order valence-electron chi connectivity index (χ4n) is 5.20. The molecule has 9 nitrogen and oxygen atoms in total. The number of piperidine rings is 1. The Balaban J connectivity index is 1.26. The molecule has 4 rings (SSSR count). The van der Waals surface area contributed by atoms with Gasteiger partial charge in [0, 0.05) is 44.6 Å². The lowest BCUT2D eigenvalue weighted by molar-refractivity contribution is 0.0105. The number of methoxy groups -OCH3 is 3. The molecular weight excluding hydrogens is 562 g/mol. The van der Waals surface area contributed by atoms with E-state index in [4.69, 9.17) is 33.2 Å². The molecule has 0 radical (unpaired) electrons. The molecule has 1 aliphatic heterocycles. The van der Waals surface area contributed by atoms with E-state index in [1.807, 2.05) is 48.5 Å². The van der Waals surface area contributed by atoms with Gasteiger partial charge in [0.1, 0.15) is 22.8 Å². The van der Waals surface area contributed by atoms with E-state index >= 15 is 0 Å². The van der Waals surface area contributed by atoms with E-state index in [2.05, 4.69) is 17.4 Å². The van der Waals surface area contributed by atoms with Crippen molar-refractivity contribution in [2.45, 2.75) is 44.5 Å². The highest BCUT2D eigenvalue weighted by Gasteiger charge is 2.27. The first-order valence-electron chi connectivity index (χ1n) is 15.2. The summed E-state index contributed by atoms with van der Waals surface area (Å²) in [5.41, 5.74) is 3.59. The predicted octanol–water partition coefficient (Wildman–Crippen LogP) is 5.55. The van der Waals surface area contributed by atoms with Gasteiger partial charge in [-0.1, -0.05) is 36.4 Å². The van der Waals surface area contributed by atoms with Gasteiger partial charge < -0.3 is 38.5 Å². The summed E-state index contributed by atoms with van der Waals surface area (Å²) in [6, 6.07) is 21.7. The van der Waals surface area contributed by atoms with Gasteiger partial charge >= 0.3 is 5.97 Å². The third-order valence-electron chi connectivity index (χ3n) is 7.55. The number of rotatable bonds is 18. The molecule has 0 spiro atoms. The zero-order chi connectivity index (χ0) is 31.0. The van der Waals surface area contributed by atoms with Crippen LogP contribution in [0.1, 0.15) is 52.2 Å². The number of benzene rings is 3. The molecule has 2 atom stereocenters. The first-order chi connectivity index (χ1) is 21.6. The molecule has 0 aliphatic carbocycles. The van der Waals surface area contributed by atoms with Crippen LogP contribution in [-0.4, -0.2) is 72.9 Å². The highest BCUT2D eigenvalue weighted by Crippen LogP contribution is 2.30. The third-order valence-corrected chi connectivity index (χ3v) is 7.55. The molecular formula is C35H45NO8. The van der Waals surface area contributed by atoms with Gasteiger partial charge in [0.15, 0.2) is 0 Å². The summed E-state index contributed by atoms with van der Waals surface area (Å²) in [4.78, 5) is 12.2. The summed E-state index contributed by atoms with van der Waals surface area (Å²) in [7, 11) is 4.69. The molecule has 1 N–H and O–H groups in total. The van der Waals surface area contributed by atoms with Crippen LogP contribution >= 0.6 is 0 Å². The Morgan fingerprint density at radius 3 is 2.43 bits per heavy atom. The lowest BCUT2D eigenvalue weighted by Crippen LogP contribution is -2.40. The summed E-state index contributed by atoms with van der Waals surface area (Å²) in [5.74, 6) is 2.00. The molecule has 238 valence electrons. The minimum atomic E-state index is -0.430. The lowest BCUT2D eigenvalue weighted by atomic mass is 9.87. The summed E-state index contributed by atoms with van der Waals surface area (Å²) in [6.45, 7) is 4.83. The van der Waals surface area contributed by atoms with Crippen LogP contribution in [0.5, 0.6) is 17.2 Å². The highest BCUT2D eigenvalue weighted by molar-refractivity contribution is 5.92. The fraction of sp³-hybridized carbons (Fsp3) is 0.457. The number of nitrogens with one attached hydrogen (secondary N) is 1. The Bertz CT molecular complexity index is 1280. The Morgan fingerprint density at radius 2 is 1.64 bits per heavy atom. The number of hydrogen-bond acceptors (Lipinski definition) is 9. The van der Waals surface area contributed by atoms with Gasteiger partial charge in [0.25, 0.3) is 0 Å². The van der Waals surface area contributed by atoms with E-state index in [1.54, 1.807) is 20.3 Å². The maximum absolute atomic E-state index is 12.2. The minimum absolute atomic E-state index is 0.00209. The molecule has 1 aliphatic rings. The maximum atomic E-state index is 12.2. The van der Waals surface area contributed by atoms with Crippen LogP contribution in [0.4, 0.5) is 0 Å². The first-order valence-corrected chi connectivity index (χ1v) is 15.2. The van der Waals surface area contributed by atoms with Crippen LogP contribution < -0.4 is 19.5 Å². The van der Waals surface area contributed by atoms with Gasteiger partial charge in [-0.2, -0.15) is 0 Å². The van der Waals surface area contributed by atoms with E-state index in [0.717, 1.165) is 55.0 Å². The van der Waals surface area contributed by atoms with Gasteiger partial charge in [0.05, 0.1) is 53.4 Å². The average Bonchev–Trinajstić information content (AvgIpc) is 3.07. The van der Waals surface area contributed by atoms with Crippen molar-refractivity contribution in [2.75, 3.05) is 60.8 Å². The van der Waals surface area contributed by atoms with Gasteiger partial charge in [0.2, 0.25) is 0 Å². The van der Waals surface area contributed by atoms with Crippen molar-refractivity contribution in [3.05, 3.63) is 89.0 Å². The number of carbonyl (C=O) groups is 1. The normalized spacial score (nSPS) is 16.3. The molecule has 3 aromatic rings. The standard InChI is InChI=1S/C35H45NO8/c1-38-18-6-21-43-33-22-26(10-15-31(33)35(37)40-3)24-44-34-23-36-17-16-30(34)27-11-13-29(14-12-27)42-20-7-19-41-25-28-8-4-5-9-32(28)39-2/h4-5,8-15,22,30,34,36H,6-7,16-21,23-25H2,1-3H3/t30-,34+/m1/s1. The van der Waals surface area contributed by atoms with E-state index < -0.39 is 5.97 Å². The van der Waals surface area contributed by atoms with Crippen molar-refractivity contribution in [3.63, 3.8) is 0 Å². The van der Waals surface area contributed by atoms with Crippen molar-refractivity contribution < 1.29 is 38.0 Å². The van der Waals surface area contributed by atoms with Crippen molar-refractivity contribution in [2.24, 2.45) is 0 Å². The molecule has 0 aromatic heterocycles.